The number of nitriles is 2. The Hall–Kier alpha value is -6.16. The summed E-state index contributed by atoms with van der Waals surface area (Å²) in [7, 11) is 0. The van der Waals surface area contributed by atoms with Crippen molar-refractivity contribution in [2.45, 2.75) is 24.7 Å². The minimum Gasteiger partial charge on any atom is -0.306 e. The molecule has 0 amide bonds. The summed E-state index contributed by atoms with van der Waals surface area (Å²) in [5, 5.41) is 20.5. The molecule has 4 nitrogen and oxygen atoms in total. The van der Waals surface area contributed by atoms with E-state index in [1.807, 2.05) is 0 Å². The van der Waals surface area contributed by atoms with Gasteiger partial charge in [0.1, 0.15) is 12.1 Å². The third-order valence-electron chi connectivity index (χ3n) is 8.68. The van der Waals surface area contributed by atoms with Gasteiger partial charge in [-0.15, -0.1) is 0 Å². The molecule has 0 unspecified atom stereocenters. The zero-order chi connectivity index (χ0) is 37.7. The van der Waals surface area contributed by atoms with Crippen LogP contribution in [0.5, 0.6) is 0 Å². The molecule has 0 N–H and O–H groups in total. The van der Waals surface area contributed by atoms with Gasteiger partial charge >= 0.3 is 24.7 Å². The highest BCUT2D eigenvalue weighted by atomic mass is 19.4. The molecule has 0 aliphatic carbocycles. The molecule has 0 bridgehead atoms. The summed E-state index contributed by atoms with van der Waals surface area (Å²) in [4.78, 5) is 0. The number of hydrogen-bond acceptors (Lipinski definition) is 2. The molecule has 0 spiro atoms. The lowest BCUT2D eigenvalue weighted by molar-refractivity contribution is -0.138. The molecule has 7 aromatic rings. The van der Waals surface area contributed by atoms with E-state index in [0.29, 0.717) is 48.5 Å². The van der Waals surface area contributed by atoms with Crippen LogP contribution in [-0.2, 0) is 24.7 Å². The number of rotatable bonds is 2. The lowest BCUT2D eigenvalue weighted by Crippen LogP contribution is -2.11. The number of nitrogens with zero attached hydrogens (tertiary/aromatic N) is 4. The fraction of sp³-hybridized carbons (Fsp3) is 0.111. The Morgan fingerprint density at radius 3 is 0.788 bits per heavy atom. The Bertz CT molecular complexity index is 2380. The highest BCUT2D eigenvalue weighted by Gasteiger charge is 2.36. The van der Waals surface area contributed by atoms with Crippen LogP contribution < -0.4 is 0 Å². The maximum Gasteiger partial charge on any atom is 0.416 e. The van der Waals surface area contributed by atoms with Gasteiger partial charge in [-0.3, -0.25) is 0 Å². The first-order chi connectivity index (χ1) is 24.2. The molecular weight excluding hydrogens is 716 g/mol. The summed E-state index contributed by atoms with van der Waals surface area (Å²) in [6.45, 7) is 0. The second-order valence-electron chi connectivity index (χ2n) is 11.7. The standard InChI is InChI=1S/C36H14F12N4/c37-33(38,39)19-3-7-23-24-8-4-20(34(40,41)42)12-28(24)51(27(23)11-19)31-17(15-49)1-2-18(16-50)32(31)52-29-13-21(35(43,44)45)5-9-25(29)26-10-6-22(14-30(26)52)36(46,47)48/h1-14H. The molecule has 52 heavy (non-hydrogen) atoms. The normalized spacial score (nSPS) is 13.0. The minimum atomic E-state index is -4.99. The average Bonchev–Trinajstić information content (AvgIpc) is 3.56. The van der Waals surface area contributed by atoms with Crippen molar-refractivity contribution in [2.24, 2.45) is 0 Å². The van der Waals surface area contributed by atoms with Gasteiger partial charge in [0.05, 0.1) is 66.8 Å². The number of benzene rings is 5. The summed E-state index contributed by atoms with van der Waals surface area (Å²) in [5.41, 5.74) is -8.90. The van der Waals surface area contributed by atoms with E-state index in [1.165, 1.54) is 0 Å². The van der Waals surface area contributed by atoms with Gasteiger partial charge in [0.25, 0.3) is 0 Å². The second kappa shape index (κ2) is 11.2. The van der Waals surface area contributed by atoms with Gasteiger partial charge in [-0.25, -0.2) is 0 Å². The van der Waals surface area contributed by atoms with Crippen LogP contribution in [0, 0.1) is 22.7 Å². The van der Waals surface area contributed by atoms with Crippen LogP contribution in [-0.4, -0.2) is 9.13 Å². The summed E-state index contributed by atoms with van der Waals surface area (Å²) in [6.07, 6.45) is -20.0. The quantitative estimate of drug-likeness (QED) is 0.166. The maximum atomic E-state index is 14.1. The molecule has 0 radical (unpaired) electrons. The van der Waals surface area contributed by atoms with E-state index in [-0.39, 0.29) is 21.5 Å². The van der Waals surface area contributed by atoms with E-state index in [1.54, 1.807) is 12.1 Å². The smallest absolute Gasteiger partial charge is 0.306 e. The predicted octanol–water partition coefficient (Wildman–Crippen LogP) is 11.7. The lowest BCUT2D eigenvalue weighted by Gasteiger charge is -2.20. The molecule has 2 heterocycles. The minimum absolute atomic E-state index is 0.0464. The molecule has 5 aromatic carbocycles. The highest BCUT2D eigenvalue weighted by Crippen LogP contribution is 2.45. The maximum absolute atomic E-state index is 14.1. The van der Waals surface area contributed by atoms with Crippen molar-refractivity contribution in [3.8, 4) is 23.5 Å². The van der Waals surface area contributed by atoms with Gasteiger partial charge in [-0.05, 0) is 60.7 Å². The van der Waals surface area contributed by atoms with Gasteiger partial charge in [0.15, 0.2) is 0 Å². The van der Waals surface area contributed by atoms with Gasteiger partial charge < -0.3 is 9.13 Å². The van der Waals surface area contributed by atoms with Gasteiger partial charge in [-0.1, -0.05) is 24.3 Å². The first-order valence-corrected chi connectivity index (χ1v) is 14.7. The topological polar surface area (TPSA) is 57.4 Å². The Balaban J connectivity index is 1.77. The molecular formula is C36H14F12N4. The Labute approximate surface area is 282 Å². The summed E-state index contributed by atoms with van der Waals surface area (Å²) >= 11 is 0. The van der Waals surface area contributed by atoms with Crippen molar-refractivity contribution in [1.82, 2.24) is 9.13 Å². The molecule has 7 rings (SSSR count). The lowest BCUT2D eigenvalue weighted by atomic mass is 10.0. The SMILES string of the molecule is N#Cc1ccc(C#N)c(-n2c3cc(C(F)(F)F)ccc3c3ccc(C(F)(F)F)cc32)c1-n1c2cc(C(F)(F)F)ccc2c2ccc(C(F)(F)F)cc21. The van der Waals surface area contributed by atoms with Crippen molar-refractivity contribution < 1.29 is 52.7 Å². The van der Waals surface area contributed by atoms with E-state index in [0.717, 1.165) is 45.5 Å². The molecule has 0 aliphatic heterocycles. The summed E-state index contributed by atoms with van der Waals surface area (Å²) < 4.78 is 170. The van der Waals surface area contributed by atoms with Crippen molar-refractivity contribution in [3.05, 3.63) is 118 Å². The molecule has 0 fully saturated rings. The first-order valence-electron chi connectivity index (χ1n) is 14.7. The number of fused-ring (bicyclic) bond motifs is 6. The van der Waals surface area contributed by atoms with Gasteiger partial charge in [0.2, 0.25) is 0 Å². The Morgan fingerprint density at radius 1 is 0.365 bits per heavy atom. The molecule has 0 saturated heterocycles. The number of aromatic nitrogens is 2. The zero-order valence-electron chi connectivity index (χ0n) is 25.4. The largest absolute Gasteiger partial charge is 0.416 e. The van der Waals surface area contributed by atoms with Gasteiger partial charge in [-0.2, -0.15) is 63.2 Å². The third-order valence-corrected chi connectivity index (χ3v) is 8.68. The molecule has 262 valence electrons. The second-order valence-corrected chi connectivity index (χ2v) is 11.7. The van der Waals surface area contributed by atoms with Crippen molar-refractivity contribution in [3.63, 3.8) is 0 Å². The fourth-order valence-corrected chi connectivity index (χ4v) is 6.44. The van der Waals surface area contributed by atoms with Crippen LogP contribution in [0.4, 0.5) is 52.7 Å². The Morgan fingerprint density at radius 2 is 0.596 bits per heavy atom. The van der Waals surface area contributed by atoms with Crippen LogP contribution in [0.3, 0.4) is 0 Å². The van der Waals surface area contributed by atoms with E-state index in [9.17, 15) is 63.2 Å². The number of alkyl halides is 12. The van der Waals surface area contributed by atoms with Crippen LogP contribution in [0.1, 0.15) is 33.4 Å². The van der Waals surface area contributed by atoms with Crippen LogP contribution >= 0.6 is 0 Å². The molecule has 2 aromatic heterocycles. The van der Waals surface area contributed by atoms with Crippen LogP contribution in [0.15, 0.2) is 84.9 Å². The van der Waals surface area contributed by atoms with Gasteiger partial charge in [0, 0.05) is 21.5 Å². The highest BCUT2D eigenvalue weighted by molar-refractivity contribution is 6.12. The van der Waals surface area contributed by atoms with E-state index < -0.39 is 91.5 Å². The predicted molar refractivity (Wildman–Crippen MR) is 165 cm³/mol. The third kappa shape index (κ3) is 5.33. The molecule has 16 heteroatoms. The van der Waals surface area contributed by atoms with Crippen LogP contribution in [0.25, 0.3) is 55.0 Å². The Kier molecular flexibility index (Phi) is 7.37. The summed E-state index contributed by atoms with van der Waals surface area (Å²) in [5.74, 6) is 0. The number of hydrogen-bond donors (Lipinski definition) is 0. The zero-order valence-corrected chi connectivity index (χ0v) is 25.4. The molecule has 0 atom stereocenters. The average molecular weight is 731 g/mol. The fourth-order valence-electron chi connectivity index (χ4n) is 6.44. The van der Waals surface area contributed by atoms with E-state index in [4.69, 9.17) is 0 Å². The summed E-state index contributed by atoms with van der Waals surface area (Å²) in [6, 6.07) is 14.6. The number of halogens is 12. The molecule has 0 saturated carbocycles. The van der Waals surface area contributed by atoms with E-state index >= 15 is 0 Å². The molecule has 0 aliphatic rings. The van der Waals surface area contributed by atoms with Crippen LogP contribution in [0.2, 0.25) is 0 Å². The monoisotopic (exact) mass is 730 g/mol. The van der Waals surface area contributed by atoms with E-state index in [2.05, 4.69) is 0 Å². The first kappa shape index (κ1) is 34.3. The van der Waals surface area contributed by atoms with Crippen molar-refractivity contribution >= 4 is 43.6 Å². The van der Waals surface area contributed by atoms with Crippen molar-refractivity contribution in [1.29, 1.82) is 10.5 Å². The van der Waals surface area contributed by atoms with Crippen molar-refractivity contribution in [2.75, 3.05) is 0 Å².